The number of hydrogen-bond donors (Lipinski definition) is 2. The van der Waals surface area contributed by atoms with Crippen LogP contribution in [0.25, 0.3) is 0 Å². The number of nitrogens with one attached hydrogen (secondary N) is 2. The van der Waals surface area contributed by atoms with Crippen molar-refractivity contribution in [2.75, 3.05) is 27.2 Å². The summed E-state index contributed by atoms with van der Waals surface area (Å²) in [4.78, 5) is 11.5. The third-order valence-electron chi connectivity index (χ3n) is 6.15. The van der Waals surface area contributed by atoms with Crippen LogP contribution in [0.15, 0.2) is 47.6 Å². The molecule has 1 aromatic carbocycles. The number of nitrogens with zero attached hydrogens (tertiary/aromatic N) is 3. The van der Waals surface area contributed by atoms with E-state index in [0.717, 1.165) is 29.9 Å². The topological polar surface area (TPSA) is 71.0 Å². The van der Waals surface area contributed by atoms with E-state index in [0.29, 0.717) is 24.2 Å². The van der Waals surface area contributed by atoms with Crippen molar-refractivity contribution in [1.29, 1.82) is 0 Å². The largest absolute Gasteiger partial charge is 0.497 e. The highest BCUT2D eigenvalue weighted by molar-refractivity contribution is 14.0. The Morgan fingerprint density at radius 2 is 1.97 bits per heavy atom. The first-order chi connectivity index (χ1) is 15.2. The number of pyridine rings is 1. The third kappa shape index (κ3) is 6.71. The van der Waals surface area contributed by atoms with Crippen molar-refractivity contribution in [3.05, 3.63) is 48.2 Å². The maximum atomic E-state index is 5.81. The summed E-state index contributed by atoms with van der Waals surface area (Å²) in [5.74, 6) is 2.85. The first-order valence-electron chi connectivity index (χ1n) is 11.2. The number of aliphatic imine (C=N–C) groups is 1. The molecule has 4 rings (SSSR count). The van der Waals surface area contributed by atoms with Gasteiger partial charge in [0.1, 0.15) is 11.5 Å². The second-order valence-electron chi connectivity index (χ2n) is 8.27. The molecule has 1 saturated heterocycles. The number of halogens is 1. The van der Waals surface area contributed by atoms with Crippen LogP contribution >= 0.6 is 24.0 Å². The molecular weight excluding hydrogens is 517 g/mol. The fraction of sp³-hybridized carbons (Fsp3) is 0.500. The summed E-state index contributed by atoms with van der Waals surface area (Å²) in [7, 11) is 3.46. The summed E-state index contributed by atoms with van der Waals surface area (Å²) in [6.45, 7) is 2.96. The van der Waals surface area contributed by atoms with Crippen LogP contribution in [0.4, 0.5) is 0 Å². The van der Waals surface area contributed by atoms with Crippen molar-refractivity contribution in [1.82, 2.24) is 20.5 Å². The Balaban J connectivity index is 0.00000289. The monoisotopic (exact) mass is 551 g/mol. The number of aromatic nitrogens is 1. The molecule has 32 heavy (non-hydrogen) atoms. The van der Waals surface area contributed by atoms with Gasteiger partial charge >= 0.3 is 0 Å². The average molecular weight is 551 g/mol. The van der Waals surface area contributed by atoms with Gasteiger partial charge in [0.2, 0.25) is 5.88 Å². The number of benzene rings is 1. The minimum Gasteiger partial charge on any atom is -0.497 e. The number of likely N-dealkylation sites (tertiary alicyclic amines) is 1. The van der Waals surface area contributed by atoms with E-state index in [9.17, 15) is 0 Å². The van der Waals surface area contributed by atoms with Gasteiger partial charge in [-0.2, -0.15) is 0 Å². The van der Waals surface area contributed by atoms with Crippen LogP contribution in [0.1, 0.15) is 37.7 Å². The van der Waals surface area contributed by atoms with Crippen LogP contribution in [-0.2, 0) is 6.54 Å². The molecular formula is C24H34IN5O2. The number of rotatable bonds is 7. The van der Waals surface area contributed by atoms with E-state index in [1.54, 1.807) is 7.11 Å². The van der Waals surface area contributed by atoms with Crippen molar-refractivity contribution in [3.63, 3.8) is 0 Å². The van der Waals surface area contributed by atoms with Gasteiger partial charge in [-0.15, -0.1) is 24.0 Å². The summed E-state index contributed by atoms with van der Waals surface area (Å²) in [5.41, 5.74) is 1.07. The summed E-state index contributed by atoms with van der Waals surface area (Å²) in [6.07, 6.45) is 8.51. The predicted molar refractivity (Wildman–Crippen MR) is 138 cm³/mol. The standard InChI is InChI=1S/C24H33N5O2.HI/c1-25-24(28-19-12-13-29(17-19)20-6-3-4-7-20)27-16-18-10-11-23(26-15-18)31-22-9-5-8-21(14-22)30-2;/h5,8-11,14-15,19-20H,3-4,6-7,12-13,16-17H2,1-2H3,(H2,25,27,28);1H. The SMILES string of the molecule is CN=C(NCc1ccc(Oc2cccc(OC)c2)nc1)NC1CCN(C2CCCC2)C1.I. The molecule has 1 aliphatic carbocycles. The van der Waals surface area contributed by atoms with Gasteiger partial charge in [-0.25, -0.2) is 4.98 Å². The van der Waals surface area contributed by atoms with Crippen molar-refractivity contribution in [2.45, 2.75) is 50.7 Å². The molecule has 0 bridgehead atoms. The molecule has 0 spiro atoms. The van der Waals surface area contributed by atoms with Crippen molar-refractivity contribution in [2.24, 2.45) is 4.99 Å². The minimum absolute atomic E-state index is 0. The molecule has 1 aromatic heterocycles. The second-order valence-corrected chi connectivity index (χ2v) is 8.27. The molecule has 1 unspecified atom stereocenters. The van der Waals surface area contributed by atoms with Gasteiger partial charge in [0.05, 0.1) is 7.11 Å². The molecule has 2 aliphatic rings. The number of hydrogen-bond acceptors (Lipinski definition) is 5. The molecule has 2 aromatic rings. The Morgan fingerprint density at radius 3 is 2.69 bits per heavy atom. The van der Waals surface area contributed by atoms with E-state index in [1.807, 2.05) is 49.6 Å². The number of guanidine groups is 1. The summed E-state index contributed by atoms with van der Waals surface area (Å²) in [6, 6.07) is 12.6. The molecule has 1 aliphatic heterocycles. The molecule has 0 radical (unpaired) electrons. The predicted octanol–water partition coefficient (Wildman–Crippen LogP) is 4.18. The summed E-state index contributed by atoms with van der Waals surface area (Å²) >= 11 is 0. The van der Waals surface area contributed by atoms with Crippen molar-refractivity contribution < 1.29 is 9.47 Å². The van der Waals surface area contributed by atoms with E-state index < -0.39 is 0 Å². The highest BCUT2D eigenvalue weighted by Crippen LogP contribution is 2.26. The van der Waals surface area contributed by atoms with Crippen LogP contribution in [0.2, 0.25) is 0 Å². The Morgan fingerprint density at radius 1 is 1.16 bits per heavy atom. The zero-order valence-electron chi connectivity index (χ0n) is 18.9. The molecule has 174 valence electrons. The van der Waals surface area contributed by atoms with Crippen molar-refractivity contribution in [3.8, 4) is 17.4 Å². The van der Waals surface area contributed by atoms with Crippen LogP contribution in [0.5, 0.6) is 17.4 Å². The lowest BCUT2D eigenvalue weighted by molar-refractivity contribution is 0.242. The van der Waals surface area contributed by atoms with Gasteiger partial charge in [-0.3, -0.25) is 9.89 Å². The first kappa shape index (κ1) is 24.6. The van der Waals surface area contributed by atoms with E-state index in [-0.39, 0.29) is 24.0 Å². The Kier molecular flexibility index (Phi) is 9.40. The molecule has 0 amide bonds. The smallest absolute Gasteiger partial charge is 0.219 e. The fourth-order valence-corrected chi connectivity index (χ4v) is 4.44. The molecule has 7 nitrogen and oxygen atoms in total. The zero-order chi connectivity index (χ0) is 21.5. The van der Waals surface area contributed by atoms with Crippen LogP contribution in [0, 0.1) is 0 Å². The highest BCUT2D eigenvalue weighted by atomic mass is 127. The second kappa shape index (κ2) is 12.2. The van der Waals surface area contributed by atoms with Gasteiger partial charge in [-0.05, 0) is 37.0 Å². The van der Waals surface area contributed by atoms with E-state index in [4.69, 9.17) is 9.47 Å². The normalized spacial score (nSPS) is 19.4. The van der Waals surface area contributed by atoms with Gasteiger partial charge in [0, 0.05) is 57.1 Å². The van der Waals surface area contributed by atoms with Gasteiger partial charge in [0.25, 0.3) is 0 Å². The maximum absolute atomic E-state index is 5.81. The summed E-state index contributed by atoms with van der Waals surface area (Å²) in [5, 5.41) is 6.99. The van der Waals surface area contributed by atoms with Gasteiger partial charge < -0.3 is 20.1 Å². The lowest BCUT2D eigenvalue weighted by Crippen LogP contribution is -2.45. The Hall–Kier alpha value is -2.07. The van der Waals surface area contributed by atoms with Crippen LogP contribution < -0.4 is 20.1 Å². The molecule has 1 saturated carbocycles. The number of ether oxygens (including phenoxy) is 2. The van der Waals surface area contributed by atoms with Crippen molar-refractivity contribution >= 4 is 29.9 Å². The van der Waals surface area contributed by atoms with E-state index in [2.05, 4.69) is 25.5 Å². The number of methoxy groups -OCH3 is 1. The zero-order valence-corrected chi connectivity index (χ0v) is 21.2. The average Bonchev–Trinajstić information content (AvgIpc) is 3.50. The lowest BCUT2D eigenvalue weighted by atomic mass is 10.2. The van der Waals surface area contributed by atoms with Gasteiger partial charge in [-0.1, -0.05) is 25.0 Å². The summed E-state index contributed by atoms with van der Waals surface area (Å²) < 4.78 is 11.0. The fourth-order valence-electron chi connectivity index (χ4n) is 4.44. The third-order valence-corrected chi connectivity index (χ3v) is 6.15. The first-order valence-corrected chi connectivity index (χ1v) is 11.2. The van der Waals surface area contributed by atoms with Gasteiger partial charge in [0.15, 0.2) is 5.96 Å². The highest BCUT2D eigenvalue weighted by Gasteiger charge is 2.30. The quantitative estimate of drug-likeness (QED) is 0.306. The maximum Gasteiger partial charge on any atom is 0.219 e. The Labute approximate surface area is 208 Å². The Bertz CT molecular complexity index is 871. The minimum atomic E-state index is 0. The lowest BCUT2D eigenvalue weighted by Gasteiger charge is -2.24. The van der Waals surface area contributed by atoms with E-state index in [1.165, 1.54) is 38.6 Å². The molecule has 2 heterocycles. The molecule has 2 fully saturated rings. The van der Waals surface area contributed by atoms with Crippen LogP contribution in [-0.4, -0.2) is 55.2 Å². The molecule has 8 heteroatoms. The van der Waals surface area contributed by atoms with E-state index >= 15 is 0 Å². The molecule has 1 atom stereocenters. The molecule has 2 N–H and O–H groups in total. The van der Waals surface area contributed by atoms with Crippen LogP contribution in [0.3, 0.4) is 0 Å².